The van der Waals surface area contributed by atoms with Gasteiger partial charge in [-0.2, -0.15) is 0 Å². The molecule has 0 aromatic heterocycles. The van der Waals surface area contributed by atoms with Crippen molar-refractivity contribution in [2.24, 2.45) is 5.73 Å². The van der Waals surface area contributed by atoms with E-state index in [0.29, 0.717) is 5.56 Å². The molecule has 0 radical (unpaired) electrons. The van der Waals surface area contributed by atoms with Crippen LogP contribution in [0.3, 0.4) is 0 Å². The van der Waals surface area contributed by atoms with E-state index in [-0.39, 0.29) is 18.0 Å². The van der Waals surface area contributed by atoms with E-state index in [1.54, 1.807) is 31.2 Å². The maximum absolute atomic E-state index is 12.0. The van der Waals surface area contributed by atoms with Crippen molar-refractivity contribution in [2.75, 3.05) is 5.32 Å². The Labute approximate surface area is 119 Å². The summed E-state index contributed by atoms with van der Waals surface area (Å²) < 4.78 is 0. The van der Waals surface area contributed by atoms with E-state index < -0.39 is 5.91 Å². The third kappa shape index (κ3) is 4.91. The smallest absolute Gasteiger partial charge is 0.248 e. The zero-order valence-corrected chi connectivity index (χ0v) is 12.3. The number of nitrogens with one attached hydrogen (secondary N) is 2. The number of hydrogen-bond donors (Lipinski definition) is 3. The van der Waals surface area contributed by atoms with Gasteiger partial charge in [0.05, 0.1) is 0 Å². The van der Waals surface area contributed by atoms with E-state index >= 15 is 0 Å². The number of anilines is 1. The number of carbonyl (C=O) groups is 2. The molecule has 0 spiro atoms. The van der Waals surface area contributed by atoms with Gasteiger partial charge in [-0.15, -0.1) is 0 Å². The minimum atomic E-state index is -0.462. The maximum Gasteiger partial charge on any atom is 0.248 e. The third-order valence-electron chi connectivity index (χ3n) is 3.06. The molecule has 0 bridgehead atoms. The minimum absolute atomic E-state index is 0.0371. The zero-order valence-electron chi connectivity index (χ0n) is 12.3. The largest absolute Gasteiger partial charge is 0.374 e. The van der Waals surface area contributed by atoms with Crippen molar-refractivity contribution in [3.63, 3.8) is 0 Å². The van der Waals surface area contributed by atoms with E-state index in [9.17, 15) is 9.59 Å². The number of amides is 2. The van der Waals surface area contributed by atoms with Gasteiger partial charge in [0, 0.05) is 17.3 Å². The molecular weight excluding hydrogens is 254 g/mol. The Kier molecular flexibility index (Phi) is 6.03. The standard InChI is InChI=1S/C15H23N3O2/c1-4-5-10(2)17-15(20)11(3)18-13-8-6-12(7-9-13)14(16)19/h6-11,18H,4-5H2,1-3H3,(H2,16,19)(H,17,20). The van der Waals surface area contributed by atoms with Crippen LogP contribution in [0.1, 0.15) is 44.0 Å². The molecule has 0 aliphatic rings. The van der Waals surface area contributed by atoms with Crippen molar-refractivity contribution in [3.8, 4) is 0 Å². The topological polar surface area (TPSA) is 84.2 Å². The van der Waals surface area contributed by atoms with Crippen molar-refractivity contribution < 1.29 is 9.59 Å². The van der Waals surface area contributed by atoms with Gasteiger partial charge in [0.1, 0.15) is 6.04 Å². The van der Waals surface area contributed by atoms with Gasteiger partial charge in [-0.3, -0.25) is 9.59 Å². The lowest BCUT2D eigenvalue weighted by Crippen LogP contribution is -2.42. The summed E-state index contributed by atoms with van der Waals surface area (Å²) in [7, 11) is 0. The number of carbonyl (C=O) groups excluding carboxylic acids is 2. The van der Waals surface area contributed by atoms with Gasteiger partial charge in [-0.1, -0.05) is 13.3 Å². The van der Waals surface area contributed by atoms with Crippen LogP contribution in [0.2, 0.25) is 0 Å². The summed E-state index contributed by atoms with van der Waals surface area (Å²) in [6.07, 6.45) is 2.00. The highest BCUT2D eigenvalue weighted by molar-refractivity contribution is 5.93. The molecule has 0 saturated heterocycles. The van der Waals surface area contributed by atoms with Crippen LogP contribution in [0.15, 0.2) is 24.3 Å². The van der Waals surface area contributed by atoms with Crippen LogP contribution in [-0.4, -0.2) is 23.9 Å². The highest BCUT2D eigenvalue weighted by Gasteiger charge is 2.14. The zero-order chi connectivity index (χ0) is 15.1. The first-order valence-corrected chi connectivity index (χ1v) is 6.90. The molecule has 2 atom stereocenters. The second-order valence-electron chi connectivity index (χ2n) is 5.01. The molecular formula is C15H23N3O2. The first-order chi connectivity index (χ1) is 9.43. The van der Waals surface area contributed by atoms with Crippen LogP contribution in [0, 0.1) is 0 Å². The molecule has 110 valence electrons. The summed E-state index contributed by atoms with van der Waals surface area (Å²) in [5.74, 6) is -0.499. The van der Waals surface area contributed by atoms with E-state index in [1.165, 1.54) is 0 Å². The first-order valence-electron chi connectivity index (χ1n) is 6.90. The van der Waals surface area contributed by atoms with Gasteiger partial charge in [-0.05, 0) is 44.5 Å². The fraction of sp³-hybridized carbons (Fsp3) is 0.467. The SMILES string of the molecule is CCCC(C)NC(=O)C(C)Nc1ccc(C(N)=O)cc1. The Morgan fingerprint density at radius 2 is 1.80 bits per heavy atom. The fourth-order valence-corrected chi connectivity index (χ4v) is 1.92. The predicted molar refractivity (Wildman–Crippen MR) is 80.6 cm³/mol. The number of rotatable bonds is 7. The molecule has 1 rings (SSSR count). The maximum atomic E-state index is 12.0. The Balaban J connectivity index is 2.54. The summed E-state index contributed by atoms with van der Waals surface area (Å²) in [4.78, 5) is 22.9. The molecule has 2 amide bonds. The summed E-state index contributed by atoms with van der Waals surface area (Å²) in [5.41, 5.74) is 6.40. The van der Waals surface area contributed by atoms with Crippen molar-refractivity contribution in [1.82, 2.24) is 5.32 Å². The summed E-state index contributed by atoms with van der Waals surface area (Å²) in [5, 5.41) is 6.05. The average molecular weight is 277 g/mol. The van der Waals surface area contributed by atoms with Gasteiger partial charge in [-0.25, -0.2) is 0 Å². The minimum Gasteiger partial charge on any atom is -0.374 e. The molecule has 5 nitrogen and oxygen atoms in total. The summed E-state index contributed by atoms with van der Waals surface area (Å²) >= 11 is 0. The second-order valence-corrected chi connectivity index (χ2v) is 5.01. The molecule has 0 aliphatic carbocycles. The first kappa shape index (κ1) is 16.0. The molecule has 1 aromatic rings. The number of nitrogens with two attached hydrogens (primary N) is 1. The highest BCUT2D eigenvalue weighted by atomic mass is 16.2. The van der Waals surface area contributed by atoms with Gasteiger partial charge in [0.2, 0.25) is 11.8 Å². The predicted octanol–water partition coefficient (Wildman–Crippen LogP) is 1.89. The molecule has 0 aliphatic heterocycles. The molecule has 1 aromatic carbocycles. The number of benzene rings is 1. The van der Waals surface area contributed by atoms with Gasteiger partial charge in [0.25, 0.3) is 0 Å². The normalized spacial score (nSPS) is 13.3. The summed E-state index contributed by atoms with van der Waals surface area (Å²) in [6.45, 7) is 5.89. The van der Waals surface area contributed by atoms with Gasteiger partial charge in [0.15, 0.2) is 0 Å². The molecule has 0 fully saturated rings. The lowest BCUT2D eigenvalue weighted by molar-refractivity contribution is -0.122. The van der Waals surface area contributed by atoms with Crippen LogP contribution in [0.4, 0.5) is 5.69 Å². The van der Waals surface area contributed by atoms with Crippen LogP contribution < -0.4 is 16.4 Å². The quantitative estimate of drug-likeness (QED) is 0.711. The van der Waals surface area contributed by atoms with Crippen LogP contribution in [-0.2, 0) is 4.79 Å². The van der Waals surface area contributed by atoms with Crippen molar-refractivity contribution >= 4 is 17.5 Å². The molecule has 0 saturated carbocycles. The number of hydrogen-bond acceptors (Lipinski definition) is 3. The monoisotopic (exact) mass is 277 g/mol. The Morgan fingerprint density at radius 1 is 1.20 bits per heavy atom. The Bertz CT molecular complexity index is 457. The van der Waals surface area contributed by atoms with Crippen LogP contribution in [0.5, 0.6) is 0 Å². The Hall–Kier alpha value is -2.04. The van der Waals surface area contributed by atoms with Gasteiger partial charge >= 0.3 is 0 Å². The molecule has 2 unspecified atom stereocenters. The van der Waals surface area contributed by atoms with Crippen molar-refractivity contribution in [2.45, 2.75) is 45.7 Å². The lowest BCUT2D eigenvalue weighted by atomic mass is 10.1. The highest BCUT2D eigenvalue weighted by Crippen LogP contribution is 2.10. The second kappa shape index (κ2) is 7.53. The molecule has 4 N–H and O–H groups in total. The molecule has 20 heavy (non-hydrogen) atoms. The molecule has 5 heteroatoms. The lowest BCUT2D eigenvalue weighted by Gasteiger charge is -2.19. The van der Waals surface area contributed by atoms with Crippen LogP contribution in [0.25, 0.3) is 0 Å². The van der Waals surface area contributed by atoms with E-state index in [1.807, 2.05) is 6.92 Å². The van der Waals surface area contributed by atoms with E-state index in [2.05, 4.69) is 17.6 Å². The van der Waals surface area contributed by atoms with E-state index in [0.717, 1.165) is 18.5 Å². The summed E-state index contributed by atoms with van der Waals surface area (Å²) in [6, 6.07) is 6.57. The van der Waals surface area contributed by atoms with E-state index in [4.69, 9.17) is 5.73 Å². The van der Waals surface area contributed by atoms with Gasteiger partial charge < -0.3 is 16.4 Å². The van der Waals surface area contributed by atoms with Crippen LogP contribution >= 0.6 is 0 Å². The Morgan fingerprint density at radius 3 is 2.30 bits per heavy atom. The molecule has 0 heterocycles. The third-order valence-corrected chi connectivity index (χ3v) is 3.06. The fourth-order valence-electron chi connectivity index (χ4n) is 1.92. The average Bonchev–Trinajstić information content (AvgIpc) is 2.39. The number of primary amides is 1. The van der Waals surface area contributed by atoms with Crippen molar-refractivity contribution in [3.05, 3.63) is 29.8 Å². The van der Waals surface area contributed by atoms with Crippen molar-refractivity contribution in [1.29, 1.82) is 0 Å².